The van der Waals surface area contributed by atoms with Gasteiger partial charge in [-0.15, -0.1) is 0 Å². The van der Waals surface area contributed by atoms with Gasteiger partial charge in [0.2, 0.25) is 0 Å². The number of aryl methyl sites for hydroxylation is 2. The zero-order valence-electron chi connectivity index (χ0n) is 17.2. The molecule has 0 spiro atoms. The number of hydrogen-bond donors (Lipinski definition) is 1. The number of carbonyl (C=O) groups is 2. The molecule has 158 valence electrons. The molecule has 0 bridgehead atoms. The van der Waals surface area contributed by atoms with Gasteiger partial charge in [0.25, 0.3) is 5.91 Å². The van der Waals surface area contributed by atoms with Crippen molar-refractivity contribution in [3.63, 3.8) is 0 Å². The lowest BCUT2D eigenvalue weighted by Crippen LogP contribution is -2.36. The molecular weight excluding hydrogens is 392 g/mol. The smallest absolute Gasteiger partial charge is 0.321 e. The van der Waals surface area contributed by atoms with Crippen molar-refractivity contribution in [1.29, 1.82) is 0 Å². The van der Waals surface area contributed by atoms with Gasteiger partial charge in [-0.1, -0.05) is 36.4 Å². The molecule has 2 aromatic carbocycles. The van der Waals surface area contributed by atoms with Gasteiger partial charge in [0.1, 0.15) is 11.5 Å². The lowest BCUT2D eigenvalue weighted by molar-refractivity contribution is 0.0728. The molecule has 3 amide bonds. The molecule has 0 atom stereocenters. The first-order valence-electron chi connectivity index (χ1n) is 10.6. The number of aromatic nitrogens is 1. The van der Waals surface area contributed by atoms with Crippen LogP contribution in [0.5, 0.6) is 0 Å². The minimum atomic E-state index is -0.127. The molecule has 7 heteroatoms. The highest BCUT2D eigenvalue weighted by Gasteiger charge is 2.27. The summed E-state index contributed by atoms with van der Waals surface area (Å²) in [6, 6.07) is 17.4. The summed E-state index contributed by atoms with van der Waals surface area (Å²) in [5.74, 6) is 1.56. The van der Waals surface area contributed by atoms with E-state index in [2.05, 4.69) is 22.4 Å². The highest BCUT2D eigenvalue weighted by molar-refractivity contribution is 5.98. The van der Waals surface area contributed by atoms with E-state index in [1.54, 1.807) is 21.9 Å². The predicted octanol–water partition coefficient (Wildman–Crippen LogP) is 3.19. The number of urea groups is 1. The van der Waals surface area contributed by atoms with E-state index >= 15 is 0 Å². The molecule has 0 radical (unpaired) electrons. The lowest BCUT2D eigenvalue weighted by Gasteiger charge is -2.26. The van der Waals surface area contributed by atoms with Gasteiger partial charge in [0.05, 0.1) is 6.54 Å². The SMILES string of the molecule is O=C(c1cccc(N2CCNC2=O)c1)N1CCc2oc(CCc3ccccc3)nc2C1. The lowest BCUT2D eigenvalue weighted by atomic mass is 10.1. The van der Waals surface area contributed by atoms with E-state index in [1.165, 1.54) is 5.56 Å². The van der Waals surface area contributed by atoms with Crippen LogP contribution < -0.4 is 10.2 Å². The molecule has 0 aliphatic carbocycles. The number of anilines is 1. The minimum absolute atomic E-state index is 0.0547. The van der Waals surface area contributed by atoms with Crippen molar-refractivity contribution in [2.75, 3.05) is 24.5 Å². The van der Waals surface area contributed by atoms with Crippen LogP contribution in [-0.2, 0) is 25.8 Å². The molecule has 3 aromatic rings. The number of oxazole rings is 1. The van der Waals surface area contributed by atoms with Crippen LogP contribution in [0.3, 0.4) is 0 Å². The Morgan fingerprint density at radius 2 is 1.94 bits per heavy atom. The zero-order valence-corrected chi connectivity index (χ0v) is 17.2. The van der Waals surface area contributed by atoms with Gasteiger partial charge in [-0.25, -0.2) is 9.78 Å². The number of fused-ring (bicyclic) bond motifs is 1. The van der Waals surface area contributed by atoms with Crippen LogP contribution in [0, 0.1) is 0 Å². The van der Waals surface area contributed by atoms with E-state index < -0.39 is 0 Å². The Kier molecular flexibility index (Phi) is 5.16. The molecule has 1 saturated heterocycles. The van der Waals surface area contributed by atoms with Gasteiger partial charge in [-0.3, -0.25) is 9.69 Å². The summed E-state index contributed by atoms with van der Waals surface area (Å²) < 4.78 is 5.96. The largest absolute Gasteiger partial charge is 0.445 e. The fourth-order valence-corrected chi connectivity index (χ4v) is 4.14. The fourth-order valence-electron chi connectivity index (χ4n) is 4.14. The third-order valence-corrected chi connectivity index (χ3v) is 5.79. The molecule has 1 aromatic heterocycles. The maximum atomic E-state index is 13.1. The monoisotopic (exact) mass is 416 g/mol. The zero-order chi connectivity index (χ0) is 21.2. The Balaban J connectivity index is 1.27. The molecule has 0 saturated carbocycles. The van der Waals surface area contributed by atoms with Crippen LogP contribution in [-0.4, -0.2) is 41.5 Å². The maximum absolute atomic E-state index is 13.1. The summed E-state index contributed by atoms with van der Waals surface area (Å²) in [5, 5.41) is 2.79. The summed E-state index contributed by atoms with van der Waals surface area (Å²) in [7, 11) is 0. The molecular formula is C24H24N4O3. The Bertz CT molecular complexity index is 1110. The molecule has 3 heterocycles. The van der Waals surface area contributed by atoms with E-state index in [0.29, 0.717) is 38.2 Å². The number of amides is 3. The van der Waals surface area contributed by atoms with Gasteiger partial charge in [0, 0.05) is 43.7 Å². The highest BCUT2D eigenvalue weighted by Crippen LogP contribution is 2.24. The van der Waals surface area contributed by atoms with Crippen molar-refractivity contribution >= 4 is 17.6 Å². The van der Waals surface area contributed by atoms with Crippen LogP contribution in [0.15, 0.2) is 59.0 Å². The summed E-state index contributed by atoms with van der Waals surface area (Å²) in [4.78, 5) is 33.2. The van der Waals surface area contributed by atoms with E-state index in [9.17, 15) is 9.59 Å². The molecule has 0 unspecified atom stereocenters. The molecule has 31 heavy (non-hydrogen) atoms. The molecule has 1 fully saturated rings. The second-order valence-corrected chi connectivity index (χ2v) is 7.87. The first-order chi connectivity index (χ1) is 15.2. The standard InChI is InChI=1S/C24H24N4O3/c29-23(18-7-4-8-19(15-18)28-14-12-25-24(28)30)27-13-11-21-20(16-27)26-22(31-21)10-9-17-5-2-1-3-6-17/h1-8,15H,9-14,16H2,(H,25,30). The first-order valence-corrected chi connectivity index (χ1v) is 10.6. The van der Waals surface area contributed by atoms with Crippen molar-refractivity contribution in [1.82, 2.24) is 15.2 Å². The molecule has 2 aliphatic rings. The topological polar surface area (TPSA) is 78.7 Å². The predicted molar refractivity (Wildman–Crippen MR) is 116 cm³/mol. The number of hydrogen-bond acceptors (Lipinski definition) is 4. The van der Waals surface area contributed by atoms with Crippen LogP contribution in [0.4, 0.5) is 10.5 Å². The van der Waals surface area contributed by atoms with Crippen LogP contribution in [0.2, 0.25) is 0 Å². The van der Waals surface area contributed by atoms with Crippen molar-refractivity contribution < 1.29 is 14.0 Å². The average Bonchev–Trinajstić information content (AvgIpc) is 3.43. The first kappa shape index (κ1) is 19.4. The van der Waals surface area contributed by atoms with Crippen molar-refractivity contribution in [3.8, 4) is 0 Å². The number of nitrogens with one attached hydrogen (secondary N) is 1. The van der Waals surface area contributed by atoms with Gasteiger partial charge in [-0.2, -0.15) is 0 Å². The van der Waals surface area contributed by atoms with Crippen LogP contribution in [0.25, 0.3) is 0 Å². The summed E-state index contributed by atoms with van der Waals surface area (Å²) >= 11 is 0. The quantitative estimate of drug-likeness (QED) is 0.693. The van der Waals surface area contributed by atoms with Crippen LogP contribution in [0.1, 0.15) is 33.3 Å². The average molecular weight is 416 g/mol. The fraction of sp³-hybridized carbons (Fsp3) is 0.292. The Morgan fingerprint density at radius 1 is 1.06 bits per heavy atom. The molecule has 2 aliphatic heterocycles. The number of benzene rings is 2. The summed E-state index contributed by atoms with van der Waals surface area (Å²) in [5.41, 5.74) is 3.41. The molecule has 7 nitrogen and oxygen atoms in total. The third-order valence-electron chi connectivity index (χ3n) is 5.79. The van der Waals surface area contributed by atoms with E-state index in [-0.39, 0.29) is 11.9 Å². The second-order valence-electron chi connectivity index (χ2n) is 7.87. The van der Waals surface area contributed by atoms with E-state index in [0.717, 1.165) is 35.9 Å². The van der Waals surface area contributed by atoms with E-state index in [1.807, 2.05) is 30.3 Å². The molecule has 5 rings (SSSR count). The van der Waals surface area contributed by atoms with Crippen molar-refractivity contribution in [2.45, 2.75) is 25.8 Å². The van der Waals surface area contributed by atoms with Gasteiger partial charge in [0.15, 0.2) is 5.89 Å². The minimum Gasteiger partial charge on any atom is -0.445 e. The number of rotatable bonds is 5. The third kappa shape index (κ3) is 4.03. The highest BCUT2D eigenvalue weighted by atomic mass is 16.4. The summed E-state index contributed by atoms with van der Waals surface area (Å²) in [6.45, 7) is 2.25. The molecule has 1 N–H and O–H groups in total. The number of carbonyl (C=O) groups excluding carboxylic acids is 2. The Labute approximate surface area is 180 Å². The van der Waals surface area contributed by atoms with Crippen molar-refractivity contribution in [2.24, 2.45) is 0 Å². The normalized spacial score (nSPS) is 15.7. The number of nitrogens with zero attached hydrogens (tertiary/aromatic N) is 3. The van der Waals surface area contributed by atoms with Gasteiger partial charge in [-0.05, 0) is 30.2 Å². The second kappa shape index (κ2) is 8.26. The van der Waals surface area contributed by atoms with E-state index in [4.69, 9.17) is 4.42 Å². The van der Waals surface area contributed by atoms with Crippen molar-refractivity contribution in [3.05, 3.63) is 83.1 Å². The Morgan fingerprint density at radius 3 is 2.74 bits per heavy atom. The summed E-state index contributed by atoms with van der Waals surface area (Å²) in [6.07, 6.45) is 2.28. The van der Waals surface area contributed by atoms with Gasteiger partial charge >= 0.3 is 6.03 Å². The van der Waals surface area contributed by atoms with Crippen LogP contribution >= 0.6 is 0 Å². The maximum Gasteiger partial charge on any atom is 0.321 e. The van der Waals surface area contributed by atoms with Gasteiger partial charge < -0.3 is 14.6 Å². The Hall–Kier alpha value is -3.61.